The molecule has 0 aliphatic carbocycles. The van der Waals surface area contributed by atoms with Gasteiger partial charge in [0.15, 0.2) is 0 Å². The van der Waals surface area contributed by atoms with E-state index < -0.39 is 12.1 Å². The van der Waals surface area contributed by atoms with Crippen LogP contribution in [0.2, 0.25) is 0 Å². The number of ether oxygens (including phenoxy) is 1. The minimum absolute atomic E-state index is 0.0440. The molecule has 1 aromatic carbocycles. The Hall–Kier alpha value is -2.48. The van der Waals surface area contributed by atoms with Crippen molar-refractivity contribution in [3.63, 3.8) is 0 Å². The second kappa shape index (κ2) is 11.2. The number of halogens is 1. The van der Waals surface area contributed by atoms with Crippen molar-refractivity contribution in [3.8, 4) is 0 Å². The molecule has 3 amide bonds. The van der Waals surface area contributed by atoms with Gasteiger partial charge in [-0.1, -0.05) is 45.9 Å². The average Bonchev–Trinajstić information content (AvgIpc) is 2.83. The standard InChI is InChI=1S/C23H34FN3O4/c1-15(2)10-26-11-19(31-14-18-8-6-7-9-20(18)24)12-27(13-21(26)29)23(30)22(16(3)4)25-17(5)28/h6-9,15-16,19,22H,10-14H2,1-5H3,(H,25,28)/t19-,22+/m0/s1. The molecule has 8 heteroatoms. The Balaban J connectivity index is 2.22. The van der Waals surface area contributed by atoms with E-state index in [1.165, 1.54) is 17.9 Å². The van der Waals surface area contributed by atoms with Gasteiger partial charge in [0.2, 0.25) is 17.7 Å². The monoisotopic (exact) mass is 435 g/mol. The molecular formula is C23H34FN3O4. The first-order valence-corrected chi connectivity index (χ1v) is 10.8. The maximum Gasteiger partial charge on any atom is 0.245 e. The second-order valence-electron chi connectivity index (χ2n) is 8.86. The molecule has 2 atom stereocenters. The van der Waals surface area contributed by atoms with Gasteiger partial charge in [-0.15, -0.1) is 0 Å². The van der Waals surface area contributed by atoms with Crippen LogP contribution in [0.3, 0.4) is 0 Å². The Labute approximate surface area is 183 Å². The topological polar surface area (TPSA) is 79.0 Å². The lowest BCUT2D eigenvalue weighted by Crippen LogP contribution is -2.53. The first-order chi connectivity index (χ1) is 14.6. The van der Waals surface area contributed by atoms with Crippen LogP contribution in [0.4, 0.5) is 4.39 Å². The fourth-order valence-corrected chi connectivity index (χ4v) is 3.62. The highest BCUT2D eigenvalue weighted by molar-refractivity contribution is 5.90. The molecule has 1 aliphatic rings. The summed E-state index contributed by atoms with van der Waals surface area (Å²) in [6.07, 6.45) is -0.473. The Kier molecular flexibility index (Phi) is 8.98. The fourth-order valence-electron chi connectivity index (χ4n) is 3.62. The molecular weight excluding hydrogens is 401 g/mol. The van der Waals surface area contributed by atoms with E-state index in [1.807, 2.05) is 27.7 Å². The number of nitrogens with zero attached hydrogens (tertiary/aromatic N) is 2. The Morgan fingerprint density at radius 3 is 2.45 bits per heavy atom. The van der Waals surface area contributed by atoms with Crippen molar-refractivity contribution in [2.75, 3.05) is 26.2 Å². The zero-order valence-corrected chi connectivity index (χ0v) is 19.1. The van der Waals surface area contributed by atoms with E-state index in [0.29, 0.717) is 18.7 Å². The normalized spacial score (nSPS) is 18.3. The van der Waals surface area contributed by atoms with Crippen molar-refractivity contribution in [2.24, 2.45) is 11.8 Å². The van der Waals surface area contributed by atoms with Gasteiger partial charge in [-0.3, -0.25) is 14.4 Å². The Morgan fingerprint density at radius 1 is 1.19 bits per heavy atom. The van der Waals surface area contributed by atoms with Gasteiger partial charge in [0.05, 0.1) is 19.3 Å². The maximum absolute atomic E-state index is 14.0. The van der Waals surface area contributed by atoms with Crippen molar-refractivity contribution in [2.45, 2.75) is 53.4 Å². The molecule has 2 rings (SSSR count). The SMILES string of the molecule is CC(=O)N[C@@H](C(=O)N1CC(=O)N(CC(C)C)C[C@H](OCc2ccccc2F)C1)C(C)C. The van der Waals surface area contributed by atoms with Crippen LogP contribution in [0.15, 0.2) is 24.3 Å². The van der Waals surface area contributed by atoms with E-state index >= 15 is 0 Å². The van der Waals surface area contributed by atoms with E-state index in [1.54, 1.807) is 23.1 Å². The summed E-state index contributed by atoms with van der Waals surface area (Å²) in [5, 5.41) is 2.69. The van der Waals surface area contributed by atoms with Crippen LogP contribution >= 0.6 is 0 Å². The molecule has 1 aromatic rings. The van der Waals surface area contributed by atoms with Gasteiger partial charge in [0.25, 0.3) is 0 Å². The number of nitrogens with one attached hydrogen (secondary N) is 1. The van der Waals surface area contributed by atoms with Crippen LogP contribution in [-0.2, 0) is 25.7 Å². The zero-order chi connectivity index (χ0) is 23.1. The minimum Gasteiger partial charge on any atom is -0.370 e. The summed E-state index contributed by atoms with van der Waals surface area (Å²) < 4.78 is 20.0. The molecule has 0 saturated carbocycles. The number of carbonyl (C=O) groups is 3. The van der Waals surface area contributed by atoms with Crippen LogP contribution in [0.25, 0.3) is 0 Å². The molecule has 0 unspecified atom stereocenters. The highest BCUT2D eigenvalue weighted by atomic mass is 19.1. The third-order valence-electron chi connectivity index (χ3n) is 5.15. The third-order valence-corrected chi connectivity index (χ3v) is 5.15. The van der Waals surface area contributed by atoms with Gasteiger partial charge in [0, 0.05) is 32.1 Å². The maximum atomic E-state index is 14.0. The summed E-state index contributed by atoms with van der Waals surface area (Å²) in [6, 6.07) is 5.64. The van der Waals surface area contributed by atoms with E-state index in [9.17, 15) is 18.8 Å². The smallest absolute Gasteiger partial charge is 0.245 e. The Morgan fingerprint density at radius 2 is 1.87 bits per heavy atom. The van der Waals surface area contributed by atoms with Gasteiger partial charge >= 0.3 is 0 Å². The molecule has 7 nitrogen and oxygen atoms in total. The van der Waals surface area contributed by atoms with Crippen molar-refractivity contribution < 1.29 is 23.5 Å². The lowest BCUT2D eigenvalue weighted by Gasteiger charge is -2.29. The minimum atomic E-state index is -0.728. The molecule has 0 aromatic heterocycles. The van der Waals surface area contributed by atoms with E-state index in [2.05, 4.69) is 5.32 Å². The van der Waals surface area contributed by atoms with Crippen molar-refractivity contribution in [3.05, 3.63) is 35.6 Å². The summed E-state index contributed by atoms with van der Waals surface area (Å²) in [6.45, 7) is 10.1. The Bertz CT molecular complexity index is 784. The van der Waals surface area contributed by atoms with Crippen LogP contribution in [0.1, 0.15) is 40.2 Å². The van der Waals surface area contributed by atoms with E-state index in [4.69, 9.17) is 4.74 Å². The van der Waals surface area contributed by atoms with Crippen molar-refractivity contribution in [1.82, 2.24) is 15.1 Å². The number of carbonyl (C=O) groups excluding carboxylic acids is 3. The summed E-state index contributed by atoms with van der Waals surface area (Å²) in [4.78, 5) is 40.8. The highest BCUT2D eigenvalue weighted by Crippen LogP contribution is 2.16. The molecule has 1 saturated heterocycles. The molecule has 0 radical (unpaired) electrons. The van der Waals surface area contributed by atoms with Gasteiger partial charge in [-0.05, 0) is 17.9 Å². The number of hydrogen-bond acceptors (Lipinski definition) is 4. The molecule has 1 N–H and O–H groups in total. The number of benzene rings is 1. The second-order valence-corrected chi connectivity index (χ2v) is 8.86. The molecule has 0 bridgehead atoms. The highest BCUT2D eigenvalue weighted by Gasteiger charge is 2.35. The summed E-state index contributed by atoms with van der Waals surface area (Å²) in [7, 11) is 0. The lowest BCUT2D eigenvalue weighted by molar-refractivity contribution is -0.142. The van der Waals surface area contributed by atoms with Crippen molar-refractivity contribution >= 4 is 17.7 Å². The summed E-state index contributed by atoms with van der Waals surface area (Å²) >= 11 is 0. The van der Waals surface area contributed by atoms with E-state index in [-0.39, 0.29) is 55.1 Å². The molecule has 1 heterocycles. The average molecular weight is 436 g/mol. The van der Waals surface area contributed by atoms with Gasteiger partial charge in [0.1, 0.15) is 11.9 Å². The number of amides is 3. The first-order valence-electron chi connectivity index (χ1n) is 10.8. The number of rotatable bonds is 8. The number of hydrogen-bond donors (Lipinski definition) is 1. The van der Waals surface area contributed by atoms with Crippen LogP contribution in [0, 0.1) is 17.7 Å². The lowest BCUT2D eigenvalue weighted by atomic mass is 10.0. The van der Waals surface area contributed by atoms with Crippen LogP contribution in [-0.4, -0.2) is 65.8 Å². The van der Waals surface area contributed by atoms with Gasteiger partial charge in [-0.25, -0.2) is 4.39 Å². The predicted octanol–water partition coefficient (Wildman–Crippen LogP) is 2.20. The van der Waals surface area contributed by atoms with Crippen molar-refractivity contribution in [1.29, 1.82) is 0 Å². The van der Waals surface area contributed by atoms with E-state index in [0.717, 1.165) is 0 Å². The molecule has 31 heavy (non-hydrogen) atoms. The summed E-state index contributed by atoms with van der Waals surface area (Å²) in [5.41, 5.74) is 0.421. The third kappa shape index (κ3) is 7.31. The van der Waals surface area contributed by atoms with Crippen LogP contribution in [0.5, 0.6) is 0 Å². The molecule has 1 fully saturated rings. The fraction of sp³-hybridized carbons (Fsp3) is 0.609. The zero-order valence-electron chi connectivity index (χ0n) is 19.1. The van der Waals surface area contributed by atoms with Gasteiger partial charge < -0.3 is 19.9 Å². The quantitative estimate of drug-likeness (QED) is 0.679. The largest absolute Gasteiger partial charge is 0.370 e. The van der Waals surface area contributed by atoms with Gasteiger partial charge in [-0.2, -0.15) is 0 Å². The molecule has 1 aliphatic heterocycles. The predicted molar refractivity (Wildman–Crippen MR) is 115 cm³/mol. The molecule has 172 valence electrons. The first kappa shape index (κ1) is 24.8. The summed E-state index contributed by atoms with van der Waals surface area (Å²) in [5.74, 6) is -1.03. The van der Waals surface area contributed by atoms with Crippen LogP contribution < -0.4 is 5.32 Å². The molecule has 0 spiro atoms.